The van der Waals surface area contributed by atoms with E-state index < -0.39 is 0 Å². The van der Waals surface area contributed by atoms with Crippen LogP contribution in [0.15, 0.2) is 54.6 Å². The van der Waals surface area contributed by atoms with Gasteiger partial charge in [-0.2, -0.15) is 4.98 Å². The normalized spacial score (nSPS) is 15.8. The largest absolute Gasteiger partial charge is 0.493 e. The molecule has 36 heavy (non-hydrogen) atoms. The number of amides is 1. The van der Waals surface area contributed by atoms with Gasteiger partial charge in [0.05, 0.1) is 24.9 Å². The number of ether oxygens (including phenoxy) is 3. The number of likely N-dealkylation sites (N-methyl/N-ethyl adjacent to an activating group) is 1. The molecule has 5 rings (SSSR count). The Morgan fingerprint density at radius 1 is 0.917 bits per heavy atom. The summed E-state index contributed by atoms with van der Waals surface area (Å²) in [7, 11) is 3.73. The number of aromatic nitrogens is 2. The number of piperazine rings is 1. The van der Waals surface area contributed by atoms with Crippen LogP contribution in [0.4, 0.5) is 10.7 Å². The number of carbonyl (C=O) groups is 1. The highest BCUT2D eigenvalue weighted by Crippen LogP contribution is 2.35. The van der Waals surface area contributed by atoms with Crippen molar-refractivity contribution in [2.24, 2.45) is 0 Å². The van der Waals surface area contributed by atoms with Gasteiger partial charge in [0.15, 0.2) is 11.5 Å². The highest BCUT2D eigenvalue weighted by atomic mass is 16.6. The minimum atomic E-state index is -0.365. The van der Waals surface area contributed by atoms with Gasteiger partial charge < -0.3 is 28.9 Å². The molecule has 0 spiro atoms. The first-order valence-electron chi connectivity index (χ1n) is 12.2. The molecule has 1 saturated heterocycles. The zero-order valence-electron chi connectivity index (χ0n) is 20.7. The molecule has 2 aliphatic heterocycles. The molecule has 0 atom stereocenters. The lowest BCUT2D eigenvalue weighted by atomic mass is 10.1. The van der Waals surface area contributed by atoms with Crippen molar-refractivity contribution < 1.29 is 19.0 Å². The first-order valence-corrected chi connectivity index (χ1v) is 12.2. The molecular weight excluding hydrogens is 458 g/mol. The van der Waals surface area contributed by atoms with Crippen LogP contribution in [0.5, 0.6) is 17.4 Å². The third-order valence-corrected chi connectivity index (χ3v) is 6.54. The minimum Gasteiger partial charge on any atom is -0.493 e. The molecule has 3 heterocycles. The standard InChI is InChI=1S/C27H31N5O4/c1-30-14-16-31(17-15-30)26-28-22-12-13-32(27(33)35-19-20-8-4-3-5-9-20)18-21(22)25(29-26)36-24-11-7-6-10-23(24)34-2/h3-11H,12-19H2,1-2H3. The number of hydrogen-bond donors (Lipinski definition) is 0. The Balaban J connectivity index is 1.40. The van der Waals surface area contributed by atoms with Gasteiger partial charge in [-0.25, -0.2) is 9.78 Å². The summed E-state index contributed by atoms with van der Waals surface area (Å²) in [6.45, 7) is 4.66. The van der Waals surface area contributed by atoms with Gasteiger partial charge in [-0.05, 0) is 24.7 Å². The fourth-order valence-electron chi connectivity index (χ4n) is 4.38. The minimum absolute atomic E-state index is 0.229. The van der Waals surface area contributed by atoms with Crippen LogP contribution in [0.25, 0.3) is 0 Å². The number of hydrogen-bond acceptors (Lipinski definition) is 8. The summed E-state index contributed by atoms with van der Waals surface area (Å²) in [6, 6.07) is 17.1. The Labute approximate surface area is 211 Å². The second kappa shape index (κ2) is 10.8. The Morgan fingerprint density at radius 3 is 2.39 bits per heavy atom. The summed E-state index contributed by atoms with van der Waals surface area (Å²) < 4.78 is 17.4. The predicted octanol–water partition coefficient (Wildman–Crippen LogP) is 3.72. The maximum atomic E-state index is 12.9. The van der Waals surface area contributed by atoms with E-state index in [-0.39, 0.29) is 12.7 Å². The molecule has 2 aliphatic rings. The van der Waals surface area contributed by atoms with Gasteiger partial charge in [-0.1, -0.05) is 42.5 Å². The maximum absolute atomic E-state index is 12.9. The second-order valence-corrected chi connectivity index (χ2v) is 9.01. The van der Waals surface area contributed by atoms with Crippen LogP contribution in [0.2, 0.25) is 0 Å². The smallest absolute Gasteiger partial charge is 0.410 e. The van der Waals surface area contributed by atoms with E-state index in [1.807, 2.05) is 54.6 Å². The number of methoxy groups -OCH3 is 1. The molecule has 0 bridgehead atoms. The predicted molar refractivity (Wildman–Crippen MR) is 136 cm³/mol. The van der Waals surface area contributed by atoms with Crippen molar-refractivity contribution in [3.63, 3.8) is 0 Å². The zero-order chi connectivity index (χ0) is 24.9. The molecule has 0 radical (unpaired) electrons. The highest BCUT2D eigenvalue weighted by Gasteiger charge is 2.29. The Hall–Kier alpha value is -3.85. The van der Waals surface area contributed by atoms with Crippen molar-refractivity contribution in [1.82, 2.24) is 19.8 Å². The van der Waals surface area contributed by atoms with Crippen LogP contribution in [-0.2, 0) is 24.3 Å². The quantitative estimate of drug-likeness (QED) is 0.518. The fraction of sp³-hybridized carbons (Fsp3) is 0.370. The number of nitrogens with zero attached hydrogens (tertiary/aromatic N) is 5. The lowest BCUT2D eigenvalue weighted by Crippen LogP contribution is -2.45. The molecule has 0 unspecified atom stereocenters. The van der Waals surface area contributed by atoms with E-state index in [1.54, 1.807) is 12.0 Å². The molecule has 3 aromatic rings. The topological polar surface area (TPSA) is 80.3 Å². The summed E-state index contributed by atoms with van der Waals surface area (Å²) >= 11 is 0. The van der Waals surface area contributed by atoms with Crippen LogP contribution in [-0.4, -0.2) is 72.7 Å². The molecule has 0 saturated carbocycles. The van der Waals surface area contributed by atoms with E-state index >= 15 is 0 Å². The van der Waals surface area contributed by atoms with Crippen molar-refractivity contribution in [1.29, 1.82) is 0 Å². The number of rotatable bonds is 6. The van der Waals surface area contributed by atoms with Crippen LogP contribution in [0.1, 0.15) is 16.8 Å². The monoisotopic (exact) mass is 489 g/mol. The highest BCUT2D eigenvalue weighted by molar-refractivity contribution is 5.68. The number of para-hydroxylation sites is 2. The van der Waals surface area contributed by atoms with Crippen LogP contribution in [0.3, 0.4) is 0 Å². The van der Waals surface area contributed by atoms with Crippen molar-refractivity contribution in [3.05, 3.63) is 71.4 Å². The van der Waals surface area contributed by atoms with E-state index in [0.717, 1.165) is 43.0 Å². The van der Waals surface area contributed by atoms with E-state index in [1.165, 1.54) is 0 Å². The third kappa shape index (κ3) is 5.36. The Morgan fingerprint density at radius 2 is 1.64 bits per heavy atom. The Bertz CT molecular complexity index is 1200. The molecular formula is C27H31N5O4. The van der Waals surface area contributed by atoms with Gasteiger partial charge in [-0.15, -0.1) is 0 Å². The molecule has 1 amide bonds. The van der Waals surface area contributed by atoms with Crippen LogP contribution >= 0.6 is 0 Å². The number of anilines is 1. The summed E-state index contributed by atoms with van der Waals surface area (Å²) in [5.41, 5.74) is 2.64. The second-order valence-electron chi connectivity index (χ2n) is 9.01. The lowest BCUT2D eigenvalue weighted by molar-refractivity contribution is 0.0912. The van der Waals surface area contributed by atoms with E-state index in [4.69, 9.17) is 24.2 Å². The molecule has 188 valence electrons. The maximum Gasteiger partial charge on any atom is 0.410 e. The van der Waals surface area contributed by atoms with Gasteiger partial charge >= 0.3 is 6.09 Å². The van der Waals surface area contributed by atoms with Crippen molar-refractivity contribution in [2.75, 3.05) is 51.8 Å². The zero-order valence-corrected chi connectivity index (χ0v) is 20.7. The third-order valence-electron chi connectivity index (χ3n) is 6.54. The van der Waals surface area contributed by atoms with Crippen molar-refractivity contribution in [3.8, 4) is 17.4 Å². The summed E-state index contributed by atoms with van der Waals surface area (Å²) in [4.78, 5) is 28.8. The van der Waals surface area contributed by atoms with E-state index in [0.29, 0.717) is 42.8 Å². The first kappa shape index (κ1) is 23.9. The van der Waals surface area contributed by atoms with Gasteiger partial charge in [0.2, 0.25) is 11.8 Å². The molecule has 1 fully saturated rings. The van der Waals surface area contributed by atoms with Gasteiger partial charge in [0.1, 0.15) is 6.61 Å². The molecule has 1 aromatic heterocycles. The molecule has 9 heteroatoms. The number of carbonyl (C=O) groups excluding carboxylic acids is 1. The van der Waals surface area contributed by atoms with E-state index in [2.05, 4.69) is 16.8 Å². The summed E-state index contributed by atoms with van der Waals surface area (Å²) in [5, 5.41) is 0. The molecule has 2 aromatic carbocycles. The first-order chi connectivity index (χ1) is 17.6. The lowest BCUT2D eigenvalue weighted by Gasteiger charge is -2.34. The average Bonchev–Trinajstić information content (AvgIpc) is 2.92. The summed E-state index contributed by atoms with van der Waals surface area (Å²) in [6.07, 6.45) is 0.234. The SMILES string of the molecule is COc1ccccc1Oc1nc(N2CCN(C)CC2)nc2c1CN(C(=O)OCc1ccccc1)CC2. The van der Waals surface area contributed by atoms with Crippen LogP contribution < -0.4 is 14.4 Å². The van der Waals surface area contributed by atoms with Gasteiger partial charge in [0, 0.05) is 39.1 Å². The van der Waals surface area contributed by atoms with Crippen molar-refractivity contribution in [2.45, 2.75) is 19.6 Å². The Kier molecular flexibility index (Phi) is 7.18. The number of benzene rings is 2. The molecule has 9 nitrogen and oxygen atoms in total. The van der Waals surface area contributed by atoms with Crippen molar-refractivity contribution >= 4 is 12.0 Å². The van der Waals surface area contributed by atoms with Gasteiger partial charge in [-0.3, -0.25) is 0 Å². The number of fused-ring (bicyclic) bond motifs is 1. The molecule has 0 aliphatic carbocycles. The molecule has 0 N–H and O–H groups in total. The van der Waals surface area contributed by atoms with Gasteiger partial charge in [0.25, 0.3) is 0 Å². The average molecular weight is 490 g/mol. The fourth-order valence-corrected chi connectivity index (χ4v) is 4.38. The summed E-state index contributed by atoms with van der Waals surface area (Å²) in [5.74, 6) is 2.28. The van der Waals surface area contributed by atoms with Crippen LogP contribution in [0, 0.1) is 0 Å². The van der Waals surface area contributed by atoms with E-state index in [9.17, 15) is 4.79 Å².